The third kappa shape index (κ3) is 3.85. The monoisotopic (exact) mass is 314 g/mol. The molecule has 0 aromatic carbocycles. The second kappa shape index (κ2) is 6.36. The van der Waals surface area contributed by atoms with E-state index in [9.17, 15) is 4.79 Å². The Hall–Kier alpha value is -2.44. The lowest BCUT2D eigenvalue weighted by Crippen LogP contribution is -2.46. The molecule has 3 rings (SSSR count). The molecule has 2 N–H and O–H groups in total. The molecule has 1 saturated heterocycles. The van der Waals surface area contributed by atoms with E-state index in [0.29, 0.717) is 23.6 Å². The number of rotatable bonds is 3. The van der Waals surface area contributed by atoms with Gasteiger partial charge in [0.15, 0.2) is 5.82 Å². The average Bonchev–Trinajstić information content (AvgIpc) is 3.02. The summed E-state index contributed by atoms with van der Waals surface area (Å²) >= 11 is 0. The standard InChI is InChI=1S/C16H22N6O/c1-16(2)5-9-22(10-6-16)15(23)18-11-13-19-14(21-20-13)12-3-7-17-8-4-12/h3-4,7-8H,5-6,9-11H2,1-2H3,(H,18,23)(H,19,20,21). The third-order valence-corrected chi connectivity index (χ3v) is 4.28. The lowest BCUT2D eigenvalue weighted by Gasteiger charge is -2.36. The number of carbonyl (C=O) groups excluding carboxylic acids is 1. The van der Waals surface area contributed by atoms with Gasteiger partial charge in [0.2, 0.25) is 0 Å². The molecule has 1 aliphatic heterocycles. The second-order valence-electron chi connectivity index (χ2n) is 6.65. The van der Waals surface area contributed by atoms with Crippen molar-refractivity contribution in [2.45, 2.75) is 33.2 Å². The van der Waals surface area contributed by atoms with E-state index in [0.717, 1.165) is 31.5 Å². The zero-order valence-electron chi connectivity index (χ0n) is 13.5. The highest BCUT2D eigenvalue weighted by atomic mass is 16.2. The number of aromatic nitrogens is 4. The lowest BCUT2D eigenvalue weighted by molar-refractivity contribution is 0.140. The molecular formula is C16H22N6O. The summed E-state index contributed by atoms with van der Waals surface area (Å²) in [6.45, 7) is 6.45. The Morgan fingerprint density at radius 2 is 2.00 bits per heavy atom. The van der Waals surface area contributed by atoms with Crippen molar-refractivity contribution in [1.29, 1.82) is 0 Å². The van der Waals surface area contributed by atoms with Gasteiger partial charge in [0.25, 0.3) is 0 Å². The third-order valence-electron chi connectivity index (χ3n) is 4.28. The van der Waals surface area contributed by atoms with Crippen LogP contribution >= 0.6 is 0 Å². The molecule has 1 fully saturated rings. The number of carbonyl (C=O) groups is 1. The number of pyridine rings is 1. The van der Waals surface area contributed by atoms with E-state index in [1.165, 1.54) is 0 Å². The summed E-state index contributed by atoms with van der Waals surface area (Å²) in [7, 11) is 0. The predicted octanol–water partition coefficient (Wildman–Crippen LogP) is 2.20. The van der Waals surface area contributed by atoms with Crippen molar-refractivity contribution < 1.29 is 4.79 Å². The molecule has 7 nitrogen and oxygen atoms in total. The van der Waals surface area contributed by atoms with Crippen molar-refractivity contribution in [2.24, 2.45) is 5.41 Å². The predicted molar refractivity (Wildman–Crippen MR) is 86.4 cm³/mol. The highest BCUT2D eigenvalue weighted by Crippen LogP contribution is 2.29. The zero-order chi connectivity index (χ0) is 16.3. The molecule has 1 aliphatic rings. The summed E-state index contributed by atoms with van der Waals surface area (Å²) in [4.78, 5) is 22.4. The van der Waals surface area contributed by atoms with Crippen molar-refractivity contribution in [2.75, 3.05) is 13.1 Å². The maximum Gasteiger partial charge on any atom is 0.317 e. The number of hydrogen-bond donors (Lipinski definition) is 2. The van der Waals surface area contributed by atoms with Crippen LogP contribution in [0.2, 0.25) is 0 Å². The number of hydrogen-bond acceptors (Lipinski definition) is 4. The van der Waals surface area contributed by atoms with E-state index < -0.39 is 0 Å². The minimum atomic E-state index is -0.0395. The van der Waals surface area contributed by atoms with Gasteiger partial charge in [-0.2, -0.15) is 5.10 Å². The first-order chi connectivity index (χ1) is 11.0. The normalized spacial score (nSPS) is 17.0. The average molecular weight is 314 g/mol. The van der Waals surface area contributed by atoms with E-state index in [2.05, 4.69) is 39.3 Å². The van der Waals surface area contributed by atoms with Crippen molar-refractivity contribution in [3.63, 3.8) is 0 Å². The van der Waals surface area contributed by atoms with Crippen LogP contribution in [0.25, 0.3) is 11.4 Å². The summed E-state index contributed by atoms with van der Waals surface area (Å²) in [5, 5.41) is 9.93. The fourth-order valence-corrected chi connectivity index (χ4v) is 2.59. The van der Waals surface area contributed by atoms with Gasteiger partial charge >= 0.3 is 6.03 Å². The minimum Gasteiger partial charge on any atom is -0.331 e. The number of piperidine rings is 1. The van der Waals surface area contributed by atoms with Crippen LogP contribution in [-0.2, 0) is 6.54 Å². The Bertz CT molecular complexity index is 656. The maximum absolute atomic E-state index is 12.2. The number of likely N-dealkylation sites (tertiary alicyclic amines) is 1. The van der Waals surface area contributed by atoms with Crippen molar-refractivity contribution in [3.05, 3.63) is 30.4 Å². The van der Waals surface area contributed by atoms with E-state index in [1.807, 2.05) is 17.0 Å². The Balaban J connectivity index is 1.53. The topological polar surface area (TPSA) is 86.8 Å². The molecule has 0 unspecified atom stereocenters. The molecule has 0 radical (unpaired) electrons. The largest absolute Gasteiger partial charge is 0.331 e. The molecule has 2 aromatic rings. The number of nitrogens with one attached hydrogen (secondary N) is 2. The van der Waals surface area contributed by atoms with E-state index in [1.54, 1.807) is 12.4 Å². The Labute approximate surface area is 135 Å². The Morgan fingerprint density at radius 3 is 2.70 bits per heavy atom. The van der Waals surface area contributed by atoms with Crippen molar-refractivity contribution in [1.82, 2.24) is 30.4 Å². The fourth-order valence-electron chi connectivity index (χ4n) is 2.59. The highest BCUT2D eigenvalue weighted by Gasteiger charge is 2.27. The number of aromatic amines is 1. The molecule has 0 saturated carbocycles. The number of H-pyrrole nitrogens is 1. The van der Waals surface area contributed by atoms with Crippen LogP contribution < -0.4 is 5.32 Å². The Morgan fingerprint density at radius 1 is 1.30 bits per heavy atom. The van der Waals surface area contributed by atoms with Crippen molar-refractivity contribution in [3.8, 4) is 11.4 Å². The molecule has 23 heavy (non-hydrogen) atoms. The van der Waals surface area contributed by atoms with Gasteiger partial charge in [-0.05, 0) is 30.4 Å². The van der Waals surface area contributed by atoms with Crippen LogP contribution in [0.5, 0.6) is 0 Å². The van der Waals surface area contributed by atoms with Gasteiger partial charge in [0.05, 0.1) is 6.54 Å². The van der Waals surface area contributed by atoms with E-state index in [-0.39, 0.29) is 6.03 Å². The van der Waals surface area contributed by atoms with Crippen LogP contribution in [0.4, 0.5) is 4.79 Å². The first kappa shape index (κ1) is 15.5. The lowest BCUT2D eigenvalue weighted by atomic mass is 9.83. The summed E-state index contributed by atoms with van der Waals surface area (Å²) in [5.74, 6) is 1.25. The summed E-state index contributed by atoms with van der Waals surface area (Å²) in [6.07, 6.45) is 5.47. The van der Waals surface area contributed by atoms with E-state index >= 15 is 0 Å². The fraction of sp³-hybridized carbons (Fsp3) is 0.500. The van der Waals surface area contributed by atoms with Gasteiger partial charge < -0.3 is 10.2 Å². The zero-order valence-corrected chi connectivity index (χ0v) is 13.5. The molecule has 122 valence electrons. The first-order valence-electron chi connectivity index (χ1n) is 7.88. The van der Waals surface area contributed by atoms with Gasteiger partial charge in [-0.15, -0.1) is 0 Å². The maximum atomic E-state index is 12.2. The molecule has 3 heterocycles. The SMILES string of the molecule is CC1(C)CCN(C(=O)NCc2nc(-c3ccncc3)n[nH]2)CC1. The second-order valence-corrected chi connectivity index (χ2v) is 6.65. The van der Waals surface area contributed by atoms with Gasteiger partial charge in [-0.3, -0.25) is 10.1 Å². The summed E-state index contributed by atoms with van der Waals surface area (Å²) < 4.78 is 0. The van der Waals surface area contributed by atoms with Gasteiger partial charge in [0.1, 0.15) is 5.82 Å². The highest BCUT2D eigenvalue weighted by molar-refractivity contribution is 5.74. The number of nitrogens with zero attached hydrogens (tertiary/aromatic N) is 4. The summed E-state index contributed by atoms with van der Waals surface area (Å²) in [6, 6.07) is 3.66. The van der Waals surface area contributed by atoms with Gasteiger partial charge in [-0.1, -0.05) is 13.8 Å². The molecule has 2 amide bonds. The molecular weight excluding hydrogens is 292 g/mol. The molecule has 0 atom stereocenters. The molecule has 0 spiro atoms. The number of urea groups is 1. The Kier molecular flexibility index (Phi) is 4.27. The van der Waals surface area contributed by atoms with Gasteiger partial charge in [-0.25, -0.2) is 9.78 Å². The minimum absolute atomic E-state index is 0.0395. The van der Waals surface area contributed by atoms with Crippen LogP contribution in [0.3, 0.4) is 0 Å². The summed E-state index contributed by atoms with van der Waals surface area (Å²) in [5.41, 5.74) is 1.23. The van der Waals surface area contributed by atoms with E-state index in [4.69, 9.17) is 0 Å². The van der Waals surface area contributed by atoms with Crippen molar-refractivity contribution >= 4 is 6.03 Å². The number of amides is 2. The first-order valence-corrected chi connectivity index (χ1v) is 7.88. The van der Waals surface area contributed by atoms with Gasteiger partial charge in [0, 0.05) is 31.0 Å². The van der Waals surface area contributed by atoms with Crippen LogP contribution in [0.1, 0.15) is 32.5 Å². The van der Waals surface area contributed by atoms with Crippen LogP contribution in [0, 0.1) is 5.41 Å². The molecule has 0 bridgehead atoms. The van der Waals surface area contributed by atoms with Crippen LogP contribution in [0.15, 0.2) is 24.5 Å². The smallest absolute Gasteiger partial charge is 0.317 e. The quantitative estimate of drug-likeness (QED) is 0.909. The molecule has 0 aliphatic carbocycles. The molecule has 2 aromatic heterocycles. The van der Waals surface area contributed by atoms with Crippen LogP contribution in [-0.4, -0.2) is 44.2 Å². The molecule has 7 heteroatoms.